The van der Waals surface area contributed by atoms with Gasteiger partial charge in [-0.2, -0.15) is 0 Å². The van der Waals surface area contributed by atoms with Crippen molar-refractivity contribution in [2.75, 3.05) is 44.7 Å². The third-order valence-corrected chi connectivity index (χ3v) is 6.14. The van der Waals surface area contributed by atoms with Gasteiger partial charge < -0.3 is 19.9 Å². The van der Waals surface area contributed by atoms with Crippen LogP contribution in [-0.4, -0.2) is 45.7 Å². The number of rotatable bonds is 8. The summed E-state index contributed by atoms with van der Waals surface area (Å²) in [5.74, 6) is 0.987. The number of hydrogen-bond donors (Lipinski definition) is 2. The average molecular weight is 431 g/mol. The molecule has 5 heteroatoms. The van der Waals surface area contributed by atoms with Gasteiger partial charge >= 0.3 is 0 Å². The van der Waals surface area contributed by atoms with Crippen LogP contribution in [0, 0.1) is 0 Å². The molecule has 3 aromatic carbocycles. The lowest BCUT2D eigenvalue weighted by molar-refractivity contribution is -0.892. The van der Waals surface area contributed by atoms with E-state index in [1.807, 2.05) is 48.5 Å². The van der Waals surface area contributed by atoms with Crippen LogP contribution in [0.25, 0.3) is 0 Å². The number of nitrogens with one attached hydrogen (secondary N) is 2. The second-order valence-corrected chi connectivity index (χ2v) is 8.33. The second kappa shape index (κ2) is 10.8. The van der Waals surface area contributed by atoms with E-state index in [-0.39, 0.29) is 11.9 Å². The van der Waals surface area contributed by atoms with Crippen molar-refractivity contribution in [2.24, 2.45) is 0 Å². The largest absolute Gasteiger partial charge is 0.497 e. The number of methoxy groups -OCH3 is 1. The zero-order valence-corrected chi connectivity index (χ0v) is 18.7. The molecule has 166 valence electrons. The fourth-order valence-corrected chi connectivity index (χ4v) is 4.31. The topological polar surface area (TPSA) is 46.0 Å². The summed E-state index contributed by atoms with van der Waals surface area (Å²) in [5.41, 5.74) is 3.58. The van der Waals surface area contributed by atoms with Crippen LogP contribution in [0.4, 0.5) is 5.69 Å². The van der Waals surface area contributed by atoms with Gasteiger partial charge in [0.05, 0.1) is 39.3 Å². The second-order valence-electron chi connectivity index (χ2n) is 8.33. The minimum Gasteiger partial charge on any atom is -0.497 e. The van der Waals surface area contributed by atoms with E-state index in [0.29, 0.717) is 6.54 Å². The Labute approximate surface area is 190 Å². The number of nitrogens with zero attached hydrogens (tertiary/aromatic N) is 1. The lowest BCUT2D eigenvalue weighted by Crippen LogP contribution is -3.16. The molecule has 1 aliphatic heterocycles. The number of hydrogen-bond acceptors (Lipinski definition) is 3. The molecule has 0 bridgehead atoms. The molecule has 0 unspecified atom stereocenters. The molecule has 1 saturated heterocycles. The summed E-state index contributed by atoms with van der Waals surface area (Å²) >= 11 is 0. The summed E-state index contributed by atoms with van der Waals surface area (Å²) in [6, 6.07) is 28.8. The van der Waals surface area contributed by atoms with Crippen LogP contribution in [0.2, 0.25) is 0 Å². The molecule has 0 aromatic heterocycles. The number of quaternary nitrogens is 1. The summed E-state index contributed by atoms with van der Waals surface area (Å²) in [6.07, 6.45) is 0.789. The Balaban J connectivity index is 1.32. The first kappa shape index (κ1) is 21.9. The lowest BCUT2D eigenvalue weighted by atomic mass is 9.99. The first-order valence-electron chi connectivity index (χ1n) is 11.3. The molecule has 1 aliphatic rings. The van der Waals surface area contributed by atoms with Gasteiger partial charge in [-0.15, -0.1) is 0 Å². The van der Waals surface area contributed by atoms with Crippen LogP contribution >= 0.6 is 0 Å². The number of benzene rings is 3. The fourth-order valence-electron chi connectivity index (χ4n) is 4.31. The molecule has 0 aliphatic carbocycles. The normalized spacial score (nSPS) is 15.2. The van der Waals surface area contributed by atoms with E-state index < -0.39 is 0 Å². The SMILES string of the molecule is COc1ccc(N2CC[NH+](CC(=O)N[C@H](Cc3ccccc3)c3ccccc3)CC2)cc1. The number of carbonyl (C=O) groups is 1. The van der Waals surface area contributed by atoms with Crippen molar-refractivity contribution in [1.82, 2.24) is 5.32 Å². The molecule has 32 heavy (non-hydrogen) atoms. The molecular formula is C27H32N3O2+. The highest BCUT2D eigenvalue weighted by molar-refractivity contribution is 5.77. The summed E-state index contributed by atoms with van der Waals surface area (Å²) in [7, 11) is 1.68. The Hall–Kier alpha value is -3.31. The average Bonchev–Trinajstić information content (AvgIpc) is 2.85. The van der Waals surface area contributed by atoms with Crippen LogP contribution in [0.1, 0.15) is 17.2 Å². The molecular weight excluding hydrogens is 398 g/mol. The van der Waals surface area contributed by atoms with Crippen LogP contribution < -0.4 is 19.9 Å². The minimum absolute atomic E-state index is 0.0221. The van der Waals surface area contributed by atoms with Crippen molar-refractivity contribution in [3.63, 3.8) is 0 Å². The summed E-state index contributed by atoms with van der Waals surface area (Å²) in [6.45, 7) is 4.30. The van der Waals surface area contributed by atoms with E-state index in [1.165, 1.54) is 16.2 Å². The Kier molecular flexibility index (Phi) is 7.41. The Bertz CT molecular complexity index is 969. The molecule has 1 amide bonds. The van der Waals surface area contributed by atoms with Crippen LogP contribution in [0.5, 0.6) is 5.75 Å². The monoisotopic (exact) mass is 430 g/mol. The number of ether oxygens (including phenoxy) is 1. The predicted octanol–water partition coefficient (Wildman–Crippen LogP) is 2.50. The van der Waals surface area contributed by atoms with Gasteiger partial charge in [0.15, 0.2) is 6.54 Å². The van der Waals surface area contributed by atoms with Crippen molar-refractivity contribution in [2.45, 2.75) is 12.5 Å². The predicted molar refractivity (Wildman–Crippen MR) is 128 cm³/mol. The van der Waals surface area contributed by atoms with E-state index in [4.69, 9.17) is 4.74 Å². The van der Waals surface area contributed by atoms with Crippen molar-refractivity contribution in [1.29, 1.82) is 0 Å². The third-order valence-electron chi connectivity index (χ3n) is 6.14. The van der Waals surface area contributed by atoms with Crippen molar-refractivity contribution in [3.8, 4) is 5.75 Å². The van der Waals surface area contributed by atoms with Gasteiger partial charge in [-0.1, -0.05) is 60.7 Å². The zero-order chi connectivity index (χ0) is 22.2. The van der Waals surface area contributed by atoms with E-state index in [9.17, 15) is 4.79 Å². The van der Waals surface area contributed by atoms with Gasteiger partial charge in [0, 0.05) is 5.69 Å². The molecule has 1 fully saturated rings. The van der Waals surface area contributed by atoms with Gasteiger partial charge in [-0.3, -0.25) is 4.79 Å². The summed E-state index contributed by atoms with van der Waals surface area (Å²) < 4.78 is 5.25. The zero-order valence-electron chi connectivity index (χ0n) is 18.7. The number of carbonyl (C=O) groups excluding carboxylic acids is 1. The smallest absolute Gasteiger partial charge is 0.275 e. The van der Waals surface area contributed by atoms with Gasteiger partial charge in [0.1, 0.15) is 5.75 Å². The van der Waals surface area contributed by atoms with Gasteiger partial charge in [-0.05, 0) is 41.8 Å². The Morgan fingerprint density at radius 2 is 1.56 bits per heavy atom. The number of amides is 1. The Morgan fingerprint density at radius 3 is 2.19 bits per heavy atom. The molecule has 3 aromatic rings. The molecule has 0 saturated carbocycles. The first-order valence-corrected chi connectivity index (χ1v) is 11.3. The molecule has 4 rings (SSSR count). The van der Waals surface area contributed by atoms with Gasteiger partial charge in [0.25, 0.3) is 5.91 Å². The van der Waals surface area contributed by atoms with Crippen molar-refractivity contribution >= 4 is 11.6 Å². The van der Waals surface area contributed by atoms with Crippen LogP contribution in [0.15, 0.2) is 84.9 Å². The maximum Gasteiger partial charge on any atom is 0.275 e. The Morgan fingerprint density at radius 1 is 0.938 bits per heavy atom. The van der Waals surface area contributed by atoms with E-state index in [2.05, 4.69) is 46.6 Å². The number of anilines is 1. The van der Waals surface area contributed by atoms with E-state index in [1.54, 1.807) is 7.11 Å². The highest BCUT2D eigenvalue weighted by atomic mass is 16.5. The summed E-state index contributed by atoms with van der Waals surface area (Å²) in [5, 5.41) is 3.30. The highest BCUT2D eigenvalue weighted by Crippen LogP contribution is 2.19. The molecule has 5 nitrogen and oxygen atoms in total. The maximum absolute atomic E-state index is 12.9. The third kappa shape index (κ3) is 5.89. The van der Waals surface area contributed by atoms with Gasteiger partial charge in [0.2, 0.25) is 0 Å². The number of piperazine rings is 1. The molecule has 2 N–H and O–H groups in total. The first-order chi connectivity index (χ1) is 15.7. The van der Waals surface area contributed by atoms with E-state index in [0.717, 1.165) is 43.9 Å². The molecule has 0 radical (unpaired) electrons. The van der Waals surface area contributed by atoms with E-state index >= 15 is 0 Å². The van der Waals surface area contributed by atoms with Crippen molar-refractivity contribution in [3.05, 3.63) is 96.1 Å². The maximum atomic E-state index is 12.9. The minimum atomic E-state index is -0.0221. The molecule has 0 spiro atoms. The molecule has 1 atom stereocenters. The summed E-state index contributed by atoms with van der Waals surface area (Å²) in [4.78, 5) is 16.7. The quantitative estimate of drug-likeness (QED) is 0.577. The van der Waals surface area contributed by atoms with Crippen molar-refractivity contribution < 1.29 is 14.4 Å². The standard InChI is InChI=1S/C27H31N3O2/c1-32-25-14-12-24(13-15-25)30-18-16-29(17-19-30)21-27(31)28-26(23-10-6-3-7-11-23)20-22-8-4-2-5-9-22/h2-15,26H,16-21H2,1H3,(H,28,31)/p+1/t26-/m1/s1. The highest BCUT2D eigenvalue weighted by Gasteiger charge is 2.24. The molecule has 1 heterocycles. The fraction of sp³-hybridized carbons (Fsp3) is 0.296. The van der Waals surface area contributed by atoms with Crippen LogP contribution in [-0.2, 0) is 11.2 Å². The van der Waals surface area contributed by atoms with Gasteiger partial charge in [-0.25, -0.2) is 0 Å². The lowest BCUT2D eigenvalue weighted by Gasteiger charge is -2.33. The van der Waals surface area contributed by atoms with Crippen LogP contribution in [0.3, 0.4) is 0 Å².